The Balaban J connectivity index is 1.79. The Morgan fingerprint density at radius 2 is 1.76 bits per heavy atom. The number of nitrogens with one attached hydrogen (secondary N) is 1. The van der Waals surface area contributed by atoms with Crippen LogP contribution in [0.5, 0.6) is 5.75 Å². The van der Waals surface area contributed by atoms with E-state index in [9.17, 15) is 19.6 Å². The number of hydrogen-bond donors (Lipinski definition) is 1. The number of ether oxygens (including phenoxy) is 3. The molecule has 1 N–H and O–H groups in total. The van der Waals surface area contributed by atoms with Crippen LogP contribution in [0.3, 0.4) is 0 Å². The van der Waals surface area contributed by atoms with Crippen molar-refractivity contribution in [3.8, 4) is 11.8 Å². The third kappa shape index (κ3) is 7.27. The number of benzene rings is 3. The molecule has 0 aromatic heterocycles. The molecule has 1 heterocycles. The van der Waals surface area contributed by atoms with Gasteiger partial charge in [-0.1, -0.05) is 62.2 Å². The fourth-order valence-electron chi connectivity index (χ4n) is 7.46. The van der Waals surface area contributed by atoms with E-state index in [4.69, 9.17) is 37.4 Å². The summed E-state index contributed by atoms with van der Waals surface area (Å²) >= 11 is 12.5. The van der Waals surface area contributed by atoms with Gasteiger partial charge in [0.05, 0.1) is 55.6 Å². The predicted octanol–water partition coefficient (Wildman–Crippen LogP) is 7.55. The molecule has 270 valence electrons. The number of anilines is 1. The van der Waals surface area contributed by atoms with Gasteiger partial charge in [0.1, 0.15) is 22.8 Å². The molecule has 2 aliphatic rings. The molecule has 13 heteroatoms. The van der Waals surface area contributed by atoms with E-state index in [2.05, 4.69) is 11.4 Å². The van der Waals surface area contributed by atoms with Gasteiger partial charge in [-0.3, -0.25) is 14.5 Å². The molecule has 1 aliphatic heterocycles. The SMILES string of the molecule is COC(=O)c1ccc(NC(=O)[C@H]2[C@H](c3cccc(Cl)c3F)[C@@](C#N)(c3ccc(Cl)cc3F)[C@H](CC(C)(C)C)N2C[C@@H]2C[C@H]2C(=O)OC)c(OC)c1. The Labute approximate surface area is 305 Å². The van der Waals surface area contributed by atoms with Crippen LogP contribution in [-0.2, 0) is 24.5 Å². The van der Waals surface area contributed by atoms with Gasteiger partial charge in [-0.15, -0.1) is 0 Å². The summed E-state index contributed by atoms with van der Waals surface area (Å²) in [5, 5.41) is 14.2. The van der Waals surface area contributed by atoms with Crippen LogP contribution in [0.4, 0.5) is 14.5 Å². The van der Waals surface area contributed by atoms with Crippen molar-refractivity contribution >= 4 is 46.7 Å². The Morgan fingerprint density at radius 3 is 2.37 bits per heavy atom. The summed E-state index contributed by atoms with van der Waals surface area (Å²) < 4.78 is 48.1. The van der Waals surface area contributed by atoms with Gasteiger partial charge in [0.25, 0.3) is 0 Å². The van der Waals surface area contributed by atoms with Gasteiger partial charge in [0.15, 0.2) is 0 Å². The third-order valence-corrected chi connectivity index (χ3v) is 10.3. The minimum Gasteiger partial charge on any atom is -0.495 e. The van der Waals surface area contributed by atoms with Crippen molar-refractivity contribution in [3.05, 3.63) is 93.0 Å². The number of likely N-dealkylation sites (tertiary alicyclic amines) is 1. The molecule has 2 fully saturated rings. The van der Waals surface area contributed by atoms with Crippen molar-refractivity contribution in [2.45, 2.75) is 57.0 Å². The van der Waals surface area contributed by atoms with Gasteiger partial charge in [0, 0.05) is 29.1 Å². The summed E-state index contributed by atoms with van der Waals surface area (Å²) in [6.45, 7) is 6.00. The average Bonchev–Trinajstić information content (AvgIpc) is 3.81. The normalized spacial score (nSPS) is 24.4. The maximum absolute atomic E-state index is 16.4. The molecule has 0 radical (unpaired) electrons. The average molecular weight is 743 g/mol. The van der Waals surface area contributed by atoms with Crippen molar-refractivity contribution in [2.75, 3.05) is 33.2 Å². The summed E-state index contributed by atoms with van der Waals surface area (Å²) in [5.74, 6) is -5.26. The number of nitriles is 1. The Morgan fingerprint density at radius 1 is 1.04 bits per heavy atom. The lowest BCUT2D eigenvalue weighted by Gasteiger charge is -2.39. The third-order valence-electron chi connectivity index (χ3n) is 9.79. The van der Waals surface area contributed by atoms with Gasteiger partial charge in [-0.25, -0.2) is 13.6 Å². The number of esters is 2. The molecule has 0 bridgehead atoms. The van der Waals surface area contributed by atoms with Crippen LogP contribution in [0, 0.1) is 40.2 Å². The summed E-state index contributed by atoms with van der Waals surface area (Å²) in [6, 6.07) is 12.8. The number of carbonyl (C=O) groups is 3. The van der Waals surface area contributed by atoms with E-state index < -0.39 is 64.2 Å². The molecule has 0 spiro atoms. The second-order valence-corrected chi connectivity index (χ2v) is 15.0. The number of hydrogen-bond acceptors (Lipinski definition) is 8. The molecule has 5 rings (SSSR count). The highest BCUT2D eigenvalue weighted by atomic mass is 35.5. The van der Waals surface area contributed by atoms with E-state index in [1.54, 1.807) is 0 Å². The lowest BCUT2D eigenvalue weighted by atomic mass is 9.62. The first-order valence-corrected chi connectivity index (χ1v) is 17.1. The molecule has 9 nitrogen and oxygen atoms in total. The van der Waals surface area contributed by atoms with E-state index >= 15 is 8.78 Å². The van der Waals surface area contributed by atoms with Crippen LogP contribution in [0.25, 0.3) is 0 Å². The van der Waals surface area contributed by atoms with E-state index in [0.29, 0.717) is 6.42 Å². The zero-order valence-electron chi connectivity index (χ0n) is 29.1. The molecule has 51 heavy (non-hydrogen) atoms. The molecular formula is C38H39Cl2F2N3O6. The Bertz CT molecular complexity index is 1900. The number of nitrogens with zero attached hydrogens (tertiary/aromatic N) is 2. The summed E-state index contributed by atoms with van der Waals surface area (Å²) in [6.07, 6.45) is 0.728. The minimum absolute atomic E-state index is 0.0614. The van der Waals surface area contributed by atoms with Crippen molar-refractivity contribution in [3.63, 3.8) is 0 Å². The highest BCUT2D eigenvalue weighted by Crippen LogP contribution is 2.58. The van der Waals surface area contributed by atoms with Gasteiger partial charge in [-0.05, 0) is 66.1 Å². The quantitative estimate of drug-likeness (QED) is 0.212. The molecule has 1 aliphatic carbocycles. The molecule has 1 amide bonds. The molecule has 6 atom stereocenters. The van der Waals surface area contributed by atoms with Crippen LogP contribution in [0.2, 0.25) is 10.0 Å². The van der Waals surface area contributed by atoms with Crippen molar-refractivity contribution in [1.29, 1.82) is 5.26 Å². The first kappa shape index (κ1) is 38.0. The van der Waals surface area contributed by atoms with E-state index in [1.165, 1.54) is 69.9 Å². The number of rotatable bonds is 10. The highest BCUT2D eigenvalue weighted by molar-refractivity contribution is 6.31. The molecule has 1 saturated carbocycles. The zero-order chi connectivity index (χ0) is 37.4. The first-order valence-electron chi connectivity index (χ1n) is 16.3. The Hall–Kier alpha value is -4.24. The largest absolute Gasteiger partial charge is 0.495 e. The molecule has 3 aromatic carbocycles. The number of methoxy groups -OCH3 is 3. The molecular weight excluding hydrogens is 703 g/mol. The standard InChI is InChI=1S/C38H39Cl2F2N3O6/c1-37(2,3)17-30-38(19-43,25-12-11-22(39)16-27(25)41)31(23-8-7-9-26(40)32(23)42)33(45(30)18-21-14-24(21)36(48)51-6)34(46)44-28-13-10-20(35(47)50-5)15-29(28)49-4/h7-13,15-16,21,24,30-31,33H,14,17-18H2,1-6H3,(H,44,46)/t21-,24+,30-,31-,33+,38-/m0/s1. The summed E-state index contributed by atoms with van der Waals surface area (Å²) in [5.41, 5.74) is -2.15. The van der Waals surface area contributed by atoms with Crippen LogP contribution in [-0.4, -0.2) is 62.7 Å². The second-order valence-electron chi connectivity index (χ2n) is 14.2. The van der Waals surface area contributed by atoms with Crippen molar-refractivity contribution in [2.24, 2.45) is 17.3 Å². The van der Waals surface area contributed by atoms with Crippen molar-refractivity contribution in [1.82, 2.24) is 4.90 Å². The van der Waals surface area contributed by atoms with Crippen LogP contribution < -0.4 is 10.1 Å². The second kappa shape index (κ2) is 14.8. The maximum Gasteiger partial charge on any atom is 0.337 e. The van der Waals surface area contributed by atoms with E-state index in [1.807, 2.05) is 25.7 Å². The van der Waals surface area contributed by atoms with Gasteiger partial charge in [0.2, 0.25) is 5.91 Å². The summed E-state index contributed by atoms with van der Waals surface area (Å²) in [4.78, 5) is 41.6. The first-order chi connectivity index (χ1) is 24.1. The maximum atomic E-state index is 16.4. The van der Waals surface area contributed by atoms with Crippen molar-refractivity contribution < 1.29 is 37.4 Å². The van der Waals surface area contributed by atoms with Crippen LogP contribution >= 0.6 is 23.2 Å². The van der Waals surface area contributed by atoms with Crippen LogP contribution in [0.15, 0.2) is 54.6 Å². The fourth-order valence-corrected chi connectivity index (χ4v) is 7.80. The van der Waals surface area contributed by atoms with Gasteiger partial charge >= 0.3 is 11.9 Å². The molecule has 1 saturated heterocycles. The fraction of sp³-hybridized carbons (Fsp3) is 0.421. The van der Waals surface area contributed by atoms with E-state index in [0.717, 1.165) is 6.07 Å². The number of halogens is 4. The molecule has 0 unspecified atom stereocenters. The predicted molar refractivity (Wildman–Crippen MR) is 188 cm³/mol. The Kier molecular flexibility index (Phi) is 11.0. The smallest absolute Gasteiger partial charge is 0.337 e. The summed E-state index contributed by atoms with van der Waals surface area (Å²) in [7, 11) is 3.90. The minimum atomic E-state index is -1.88. The molecule has 3 aromatic rings. The topological polar surface area (TPSA) is 118 Å². The zero-order valence-corrected chi connectivity index (χ0v) is 30.6. The number of amides is 1. The monoisotopic (exact) mass is 741 g/mol. The number of carbonyl (C=O) groups excluding carboxylic acids is 3. The lowest BCUT2D eigenvalue weighted by Crippen LogP contribution is -2.48. The highest BCUT2D eigenvalue weighted by Gasteiger charge is 2.66. The lowest BCUT2D eigenvalue weighted by molar-refractivity contribution is -0.142. The van der Waals surface area contributed by atoms with E-state index in [-0.39, 0.29) is 57.1 Å². The van der Waals surface area contributed by atoms with Gasteiger partial charge in [-0.2, -0.15) is 5.26 Å². The van der Waals surface area contributed by atoms with Gasteiger partial charge < -0.3 is 19.5 Å². The van der Waals surface area contributed by atoms with Crippen LogP contribution in [0.1, 0.15) is 61.0 Å².